The van der Waals surface area contributed by atoms with Gasteiger partial charge in [-0.25, -0.2) is 4.98 Å². The molecule has 0 bridgehead atoms. The van der Waals surface area contributed by atoms with Crippen molar-refractivity contribution in [1.82, 2.24) is 14.5 Å². The van der Waals surface area contributed by atoms with Crippen LogP contribution in [0.25, 0.3) is 11.4 Å². The smallest absolute Gasteiger partial charge is 0.255 e. The third-order valence-corrected chi connectivity index (χ3v) is 5.29. The van der Waals surface area contributed by atoms with Crippen LogP contribution in [0.1, 0.15) is 11.6 Å². The highest BCUT2D eigenvalue weighted by molar-refractivity contribution is 6.32. The van der Waals surface area contributed by atoms with Crippen LogP contribution in [0.5, 0.6) is 5.75 Å². The average Bonchev–Trinajstić information content (AvgIpc) is 3.36. The second-order valence-electron chi connectivity index (χ2n) is 6.98. The first-order valence-electron chi connectivity index (χ1n) is 9.32. The van der Waals surface area contributed by atoms with Gasteiger partial charge in [-0.1, -0.05) is 11.6 Å². The van der Waals surface area contributed by atoms with Crippen LogP contribution in [-0.4, -0.2) is 40.3 Å². The molecular weight excluding hydrogens is 392 g/mol. The molecule has 3 heterocycles. The van der Waals surface area contributed by atoms with Gasteiger partial charge in [0.1, 0.15) is 11.6 Å². The van der Waals surface area contributed by atoms with E-state index >= 15 is 0 Å². The third-order valence-electron chi connectivity index (χ3n) is 5.00. The van der Waals surface area contributed by atoms with E-state index in [9.17, 15) is 4.79 Å². The highest BCUT2D eigenvalue weighted by Gasteiger charge is 2.31. The number of imidazole rings is 1. The van der Waals surface area contributed by atoms with Crippen LogP contribution in [0.3, 0.4) is 0 Å². The SMILES string of the molecule is NC(=O)COc1ccc(-c2nccn2[C@@H]2COC[C@H]2Cc2ccncc2)cc1Cl. The summed E-state index contributed by atoms with van der Waals surface area (Å²) in [5.74, 6) is 0.997. The van der Waals surface area contributed by atoms with Crippen LogP contribution < -0.4 is 10.5 Å². The van der Waals surface area contributed by atoms with E-state index in [4.69, 9.17) is 26.8 Å². The van der Waals surface area contributed by atoms with E-state index in [1.807, 2.05) is 36.8 Å². The fourth-order valence-electron chi connectivity index (χ4n) is 3.62. The van der Waals surface area contributed by atoms with Gasteiger partial charge in [-0.05, 0) is 42.3 Å². The molecule has 0 aliphatic carbocycles. The maximum Gasteiger partial charge on any atom is 0.255 e. The number of hydrogen-bond acceptors (Lipinski definition) is 5. The van der Waals surface area contributed by atoms with Gasteiger partial charge in [-0.3, -0.25) is 9.78 Å². The first-order chi connectivity index (χ1) is 14.1. The summed E-state index contributed by atoms with van der Waals surface area (Å²) in [4.78, 5) is 19.5. The number of rotatable bonds is 7. The van der Waals surface area contributed by atoms with Crippen molar-refractivity contribution in [3.63, 3.8) is 0 Å². The standard InChI is InChI=1S/C21H21ClN4O3/c22-17-10-15(1-2-19(17)29-13-20(23)27)21-25-7-8-26(21)18-12-28-11-16(18)9-14-3-5-24-6-4-14/h1-8,10,16,18H,9,11-13H2,(H2,23,27)/t16-,18-/m1/s1. The topological polar surface area (TPSA) is 92.3 Å². The van der Waals surface area contributed by atoms with Gasteiger partial charge >= 0.3 is 0 Å². The van der Waals surface area contributed by atoms with Crippen molar-refractivity contribution in [2.24, 2.45) is 11.7 Å². The highest BCUT2D eigenvalue weighted by atomic mass is 35.5. The van der Waals surface area contributed by atoms with Crippen molar-refractivity contribution in [3.05, 3.63) is 65.7 Å². The molecule has 29 heavy (non-hydrogen) atoms. The highest BCUT2D eigenvalue weighted by Crippen LogP contribution is 2.35. The Kier molecular flexibility index (Phi) is 5.78. The number of benzene rings is 1. The summed E-state index contributed by atoms with van der Waals surface area (Å²) in [6.07, 6.45) is 8.28. The van der Waals surface area contributed by atoms with Crippen LogP contribution in [-0.2, 0) is 16.0 Å². The molecule has 2 aromatic heterocycles. The molecule has 1 amide bonds. The van der Waals surface area contributed by atoms with Gasteiger partial charge in [-0.2, -0.15) is 0 Å². The Balaban J connectivity index is 1.56. The summed E-state index contributed by atoms with van der Waals surface area (Å²) < 4.78 is 13.3. The number of amides is 1. The summed E-state index contributed by atoms with van der Waals surface area (Å²) in [5.41, 5.74) is 7.22. The molecule has 1 aliphatic rings. The number of pyridine rings is 1. The van der Waals surface area contributed by atoms with Crippen molar-refractivity contribution in [2.45, 2.75) is 12.5 Å². The normalized spacial score (nSPS) is 18.7. The summed E-state index contributed by atoms with van der Waals surface area (Å²) in [6.45, 7) is 1.11. The lowest BCUT2D eigenvalue weighted by Crippen LogP contribution is -2.20. The number of halogens is 1. The predicted octanol–water partition coefficient (Wildman–Crippen LogP) is 2.89. The number of primary amides is 1. The number of aromatic nitrogens is 3. The molecule has 2 N–H and O–H groups in total. The molecule has 4 rings (SSSR count). The Morgan fingerprint density at radius 2 is 2.07 bits per heavy atom. The Morgan fingerprint density at radius 1 is 1.24 bits per heavy atom. The van der Waals surface area contributed by atoms with Crippen LogP contribution in [0, 0.1) is 5.92 Å². The Labute approximate surface area is 173 Å². The molecule has 0 saturated carbocycles. The van der Waals surface area contributed by atoms with Crippen LogP contribution in [0.4, 0.5) is 0 Å². The van der Waals surface area contributed by atoms with Gasteiger partial charge in [0.05, 0.1) is 24.3 Å². The largest absolute Gasteiger partial charge is 0.482 e. The second-order valence-corrected chi connectivity index (χ2v) is 7.39. The summed E-state index contributed by atoms with van der Waals surface area (Å²) in [5, 5.41) is 0.398. The van der Waals surface area contributed by atoms with Gasteiger partial charge in [0.25, 0.3) is 5.91 Å². The number of nitrogens with zero attached hydrogens (tertiary/aromatic N) is 3. The zero-order valence-corrected chi connectivity index (χ0v) is 16.5. The maximum absolute atomic E-state index is 10.9. The number of ether oxygens (including phenoxy) is 2. The summed E-state index contributed by atoms with van der Waals surface area (Å²) >= 11 is 6.33. The molecule has 0 radical (unpaired) electrons. The van der Waals surface area contributed by atoms with E-state index in [1.165, 1.54) is 5.56 Å². The van der Waals surface area contributed by atoms with Gasteiger partial charge in [0.15, 0.2) is 6.61 Å². The second kappa shape index (κ2) is 8.63. The monoisotopic (exact) mass is 412 g/mol. The Hall–Kier alpha value is -2.90. The molecule has 0 unspecified atom stereocenters. The minimum atomic E-state index is -0.554. The molecule has 0 spiro atoms. The first-order valence-corrected chi connectivity index (χ1v) is 9.70. The lowest BCUT2D eigenvalue weighted by Gasteiger charge is -2.21. The summed E-state index contributed by atoms with van der Waals surface area (Å²) in [6, 6.07) is 9.62. The minimum Gasteiger partial charge on any atom is -0.482 e. The molecule has 150 valence electrons. The molecule has 3 aromatic rings. The molecule has 2 atom stereocenters. The lowest BCUT2D eigenvalue weighted by atomic mass is 9.95. The van der Waals surface area contributed by atoms with Gasteiger partial charge in [0, 0.05) is 36.3 Å². The fraction of sp³-hybridized carbons (Fsp3) is 0.286. The number of hydrogen-bond donors (Lipinski definition) is 1. The van der Waals surface area contributed by atoms with E-state index in [-0.39, 0.29) is 12.6 Å². The van der Waals surface area contributed by atoms with E-state index in [1.54, 1.807) is 18.3 Å². The third kappa shape index (κ3) is 4.41. The quantitative estimate of drug-likeness (QED) is 0.644. The van der Waals surface area contributed by atoms with E-state index in [2.05, 4.69) is 14.5 Å². The Bertz CT molecular complexity index is 993. The maximum atomic E-state index is 10.9. The number of carbonyl (C=O) groups is 1. The van der Waals surface area contributed by atoms with E-state index < -0.39 is 5.91 Å². The zero-order chi connectivity index (χ0) is 20.2. The molecule has 1 aliphatic heterocycles. The average molecular weight is 413 g/mol. The number of carbonyl (C=O) groups excluding carboxylic acids is 1. The molecule has 8 heteroatoms. The first kappa shape index (κ1) is 19.4. The van der Waals surface area contributed by atoms with Crippen molar-refractivity contribution in [3.8, 4) is 17.1 Å². The van der Waals surface area contributed by atoms with Crippen molar-refractivity contribution in [1.29, 1.82) is 0 Å². The molecule has 1 aromatic carbocycles. The van der Waals surface area contributed by atoms with Crippen LogP contribution in [0.2, 0.25) is 5.02 Å². The Morgan fingerprint density at radius 3 is 2.83 bits per heavy atom. The minimum absolute atomic E-state index is 0.172. The molecule has 7 nitrogen and oxygen atoms in total. The molecule has 1 saturated heterocycles. The zero-order valence-electron chi connectivity index (χ0n) is 15.7. The van der Waals surface area contributed by atoms with Crippen molar-refractivity contribution < 1.29 is 14.3 Å². The molecule has 1 fully saturated rings. The van der Waals surface area contributed by atoms with Gasteiger partial charge in [0.2, 0.25) is 0 Å². The summed E-state index contributed by atoms with van der Waals surface area (Å²) in [7, 11) is 0. The number of nitrogens with two attached hydrogens (primary N) is 1. The van der Waals surface area contributed by atoms with Gasteiger partial charge in [-0.15, -0.1) is 0 Å². The van der Waals surface area contributed by atoms with Gasteiger partial charge < -0.3 is 19.8 Å². The molecular formula is C21H21ClN4O3. The lowest BCUT2D eigenvalue weighted by molar-refractivity contribution is -0.119. The predicted molar refractivity (Wildman–Crippen MR) is 109 cm³/mol. The van der Waals surface area contributed by atoms with E-state index in [0.29, 0.717) is 29.9 Å². The van der Waals surface area contributed by atoms with Crippen LogP contribution >= 0.6 is 11.6 Å². The fourth-order valence-corrected chi connectivity index (χ4v) is 3.86. The van der Waals surface area contributed by atoms with Crippen LogP contribution in [0.15, 0.2) is 55.1 Å². The van der Waals surface area contributed by atoms with E-state index in [0.717, 1.165) is 17.8 Å². The van der Waals surface area contributed by atoms with Crippen molar-refractivity contribution in [2.75, 3.05) is 19.8 Å². The van der Waals surface area contributed by atoms with Crippen molar-refractivity contribution >= 4 is 17.5 Å².